The number of nitrogens with one attached hydrogen (secondary N) is 1. The van der Waals surface area contributed by atoms with E-state index in [-0.39, 0.29) is 15.7 Å². The first kappa shape index (κ1) is 13.4. The monoisotopic (exact) mass is 273 g/mol. The maximum Gasteiger partial charge on any atom is 0.416 e. The van der Waals surface area contributed by atoms with Crippen molar-refractivity contribution in [2.75, 3.05) is 11.9 Å². The molecule has 2 N–H and O–H groups in total. The third kappa shape index (κ3) is 3.43. The zero-order valence-corrected chi connectivity index (χ0v) is 9.37. The summed E-state index contributed by atoms with van der Waals surface area (Å²) in [6, 6.07) is 4.52. The van der Waals surface area contributed by atoms with Crippen LogP contribution in [0.3, 0.4) is 0 Å². The lowest BCUT2D eigenvalue weighted by Gasteiger charge is -2.16. The molecule has 1 aromatic carbocycles. The number of rotatable bonds is 3. The van der Waals surface area contributed by atoms with E-state index in [9.17, 15) is 13.2 Å². The second-order valence-corrected chi connectivity index (χ2v) is 3.82. The van der Waals surface area contributed by atoms with Gasteiger partial charge in [0.15, 0.2) is 6.10 Å². The van der Waals surface area contributed by atoms with Crippen molar-refractivity contribution in [3.05, 3.63) is 28.2 Å². The van der Waals surface area contributed by atoms with Crippen molar-refractivity contribution in [1.29, 1.82) is 0 Å². The Morgan fingerprint density at radius 1 is 1.31 bits per heavy atom. The van der Waals surface area contributed by atoms with Crippen molar-refractivity contribution in [2.45, 2.75) is 12.3 Å². The Labute approximate surface area is 100.0 Å². The Morgan fingerprint density at radius 2 is 1.94 bits per heavy atom. The van der Waals surface area contributed by atoms with Gasteiger partial charge in [-0.2, -0.15) is 13.2 Å². The van der Waals surface area contributed by atoms with E-state index in [2.05, 4.69) is 5.32 Å². The SMILES string of the molecule is OC(CNc1cccc(Cl)c1Cl)C(F)(F)F. The topological polar surface area (TPSA) is 32.3 Å². The van der Waals surface area contributed by atoms with Crippen LogP contribution in [0.4, 0.5) is 18.9 Å². The van der Waals surface area contributed by atoms with E-state index in [1.165, 1.54) is 18.2 Å². The minimum Gasteiger partial charge on any atom is -0.382 e. The molecule has 2 nitrogen and oxygen atoms in total. The summed E-state index contributed by atoms with van der Waals surface area (Å²) in [5.74, 6) is 0. The molecule has 0 radical (unpaired) electrons. The van der Waals surface area contributed by atoms with Gasteiger partial charge in [-0.3, -0.25) is 0 Å². The Kier molecular flexibility index (Phi) is 4.29. The highest BCUT2D eigenvalue weighted by molar-refractivity contribution is 6.43. The zero-order chi connectivity index (χ0) is 12.3. The van der Waals surface area contributed by atoms with Crippen molar-refractivity contribution >= 4 is 28.9 Å². The summed E-state index contributed by atoms with van der Waals surface area (Å²) in [7, 11) is 0. The maximum absolute atomic E-state index is 12.0. The first-order valence-electron chi connectivity index (χ1n) is 4.25. The largest absolute Gasteiger partial charge is 0.416 e. The molecule has 0 saturated heterocycles. The Hall–Kier alpha value is -0.650. The molecule has 90 valence electrons. The fourth-order valence-corrected chi connectivity index (χ4v) is 1.33. The van der Waals surface area contributed by atoms with Crippen LogP contribution < -0.4 is 5.32 Å². The molecule has 0 fully saturated rings. The summed E-state index contributed by atoms with van der Waals surface area (Å²) < 4.78 is 35.9. The predicted octanol–water partition coefficient (Wildman–Crippen LogP) is 3.33. The molecular weight excluding hydrogens is 266 g/mol. The summed E-state index contributed by atoms with van der Waals surface area (Å²) in [5, 5.41) is 11.5. The Balaban J connectivity index is 2.65. The van der Waals surface area contributed by atoms with Crippen LogP contribution in [0.25, 0.3) is 0 Å². The standard InChI is InChI=1S/C9H8Cl2F3NO/c10-5-2-1-3-6(8(5)11)15-4-7(16)9(12,13)14/h1-3,7,15-16H,4H2. The molecule has 16 heavy (non-hydrogen) atoms. The van der Waals surface area contributed by atoms with Gasteiger partial charge >= 0.3 is 6.18 Å². The third-order valence-electron chi connectivity index (χ3n) is 1.82. The molecule has 0 aliphatic heterocycles. The molecular formula is C9H8Cl2F3NO. The predicted molar refractivity (Wildman–Crippen MR) is 57.0 cm³/mol. The summed E-state index contributed by atoms with van der Waals surface area (Å²) in [6.45, 7) is -0.677. The minimum atomic E-state index is -4.65. The van der Waals surface area contributed by atoms with Gasteiger partial charge in [0.2, 0.25) is 0 Å². The molecule has 0 amide bonds. The van der Waals surface area contributed by atoms with Gasteiger partial charge in [0, 0.05) is 6.54 Å². The van der Waals surface area contributed by atoms with Gasteiger partial charge in [0.05, 0.1) is 15.7 Å². The Morgan fingerprint density at radius 3 is 2.50 bits per heavy atom. The van der Waals surface area contributed by atoms with Gasteiger partial charge in [0.1, 0.15) is 0 Å². The first-order chi connectivity index (χ1) is 7.32. The Bertz CT molecular complexity index is 370. The number of hydrogen-bond acceptors (Lipinski definition) is 2. The second kappa shape index (κ2) is 5.12. The van der Waals surface area contributed by atoms with Crippen LogP contribution in [-0.4, -0.2) is 23.9 Å². The molecule has 0 saturated carbocycles. The maximum atomic E-state index is 12.0. The van der Waals surface area contributed by atoms with Gasteiger partial charge in [-0.1, -0.05) is 29.3 Å². The second-order valence-electron chi connectivity index (χ2n) is 3.04. The summed E-state index contributed by atoms with van der Waals surface area (Å²) in [4.78, 5) is 0. The number of alkyl halides is 3. The number of halogens is 5. The highest BCUT2D eigenvalue weighted by atomic mass is 35.5. The molecule has 1 aromatic rings. The van der Waals surface area contributed by atoms with Crippen molar-refractivity contribution in [3.63, 3.8) is 0 Å². The highest BCUT2D eigenvalue weighted by Gasteiger charge is 2.37. The minimum absolute atomic E-state index is 0.124. The van der Waals surface area contributed by atoms with E-state index >= 15 is 0 Å². The number of benzene rings is 1. The normalized spacial score (nSPS) is 13.6. The van der Waals surface area contributed by atoms with E-state index in [0.29, 0.717) is 0 Å². The summed E-state index contributed by atoms with van der Waals surface area (Å²) in [6.07, 6.45) is -7.10. The van der Waals surface area contributed by atoms with Crippen LogP contribution in [-0.2, 0) is 0 Å². The van der Waals surface area contributed by atoms with E-state index in [1.54, 1.807) is 0 Å². The van der Waals surface area contributed by atoms with E-state index < -0.39 is 18.8 Å². The highest BCUT2D eigenvalue weighted by Crippen LogP contribution is 2.30. The number of anilines is 1. The summed E-state index contributed by atoms with van der Waals surface area (Å²) >= 11 is 11.4. The number of aliphatic hydroxyl groups excluding tert-OH is 1. The molecule has 1 atom stereocenters. The fraction of sp³-hybridized carbons (Fsp3) is 0.333. The molecule has 0 bridgehead atoms. The third-order valence-corrected chi connectivity index (χ3v) is 2.63. The van der Waals surface area contributed by atoms with Crippen LogP contribution in [0.5, 0.6) is 0 Å². The zero-order valence-electron chi connectivity index (χ0n) is 7.85. The lowest BCUT2D eigenvalue weighted by Crippen LogP contribution is -2.35. The molecule has 0 heterocycles. The van der Waals surface area contributed by atoms with Gasteiger partial charge in [-0.05, 0) is 12.1 Å². The fourth-order valence-electron chi connectivity index (χ4n) is 0.963. The molecule has 1 unspecified atom stereocenters. The van der Waals surface area contributed by atoms with Crippen LogP contribution in [0.2, 0.25) is 10.0 Å². The van der Waals surface area contributed by atoms with Crippen LogP contribution >= 0.6 is 23.2 Å². The van der Waals surface area contributed by atoms with Crippen LogP contribution in [0, 0.1) is 0 Å². The van der Waals surface area contributed by atoms with Crippen LogP contribution in [0.1, 0.15) is 0 Å². The quantitative estimate of drug-likeness (QED) is 0.886. The van der Waals surface area contributed by atoms with Gasteiger partial charge in [-0.15, -0.1) is 0 Å². The first-order valence-corrected chi connectivity index (χ1v) is 5.00. The van der Waals surface area contributed by atoms with Crippen molar-refractivity contribution in [1.82, 2.24) is 0 Å². The van der Waals surface area contributed by atoms with E-state index in [1.807, 2.05) is 0 Å². The number of hydrogen-bond donors (Lipinski definition) is 2. The smallest absolute Gasteiger partial charge is 0.382 e. The molecule has 1 rings (SSSR count). The molecule has 0 aliphatic rings. The van der Waals surface area contributed by atoms with E-state index in [0.717, 1.165) is 0 Å². The molecule has 0 aliphatic carbocycles. The van der Waals surface area contributed by atoms with Crippen molar-refractivity contribution < 1.29 is 18.3 Å². The molecule has 7 heteroatoms. The van der Waals surface area contributed by atoms with Gasteiger partial charge in [-0.25, -0.2) is 0 Å². The van der Waals surface area contributed by atoms with Gasteiger partial charge < -0.3 is 10.4 Å². The van der Waals surface area contributed by atoms with E-state index in [4.69, 9.17) is 28.3 Å². The average Bonchev–Trinajstić information content (AvgIpc) is 2.18. The molecule has 0 spiro atoms. The lowest BCUT2D eigenvalue weighted by molar-refractivity contribution is -0.198. The van der Waals surface area contributed by atoms with Crippen LogP contribution in [0.15, 0.2) is 18.2 Å². The average molecular weight is 274 g/mol. The number of aliphatic hydroxyl groups is 1. The van der Waals surface area contributed by atoms with Crippen molar-refractivity contribution in [3.8, 4) is 0 Å². The van der Waals surface area contributed by atoms with Gasteiger partial charge in [0.25, 0.3) is 0 Å². The molecule has 0 aromatic heterocycles. The van der Waals surface area contributed by atoms with Crippen molar-refractivity contribution in [2.24, 2.45) is 0 Å². The lowest BCUT2D eigenvalue weighted by atomic mass is 10.3. The summed E-state index contributed by atoms with van der Waals surface area (Å²) in [5.41, 5.74) is 0.248.